The standard InChI is InChI=1S/C12H22N2O2/c1-16-8-11(13)12(15)14-6-9-4-2-3-5-10(9)7-14/h9-11H,2-8,13H2,1H3. The minimum absolute atomic E-state index is 0.0660. The van der Waals surface area contributed by atoms with Gasteiger partial charge in [0.05, 0.1) is 6.61 Å². The molecule has 2 rings (SSSR count). The van der Waals surface area contributed by atoms with Crippen molar-refractivity contribution in [1.29, 1.82) is 0 Å². The Hall–Kier alpha value is -0.610. The average molecular weight is 226 g/mol. The summed E-state index contributed by atoms with van der Waals surface area (Å²) in [7, 11) is 1.58. The summed E-state index contributed by atoms with van der Waals surface area (Å²) in [6, 6.07) is -0.481. The Bertz CT molecular complexity index is 243. The molecule has 16 heavy (non-hydrogen) atoms. The first-order valence-electron chi connectivity index (χ1n) is 6.25. The number of fused-ring (bicyclic) bond motifs is 1. The fourth-order valence-corrected chi connectivity index (χ4v) is 3.07. The highest BCUT2D eigenvalue weighted by molar-refractivity contribution is 5.82. The SMILES string of the molecule is COCC(N)C(=O)N1CC2CCCCC2C1. The van der Waals surface area contributed by atoms with Crippen LogP contribution in [0.15, 0.2) is 0 Å². The number of hydrogen-bond donors (Lipinski definition) is 1. The van der Waals surface area contributed by atoms with Gasteiger partial charge >= 0.3 is 0 Å². The van der Waals surface area contributed by atoms with Gasteiger partial charge in [-0.1, -0.05) is 12.8 Å². The molecule has 1 aliphatic heterocycles. The maximum Gasteiger partial charge on any atom is 0.241 e. The van der Waals surface area contributed by atoms with Crippen LogP contribution in [-0.4, -0.2) is 43.7 Å². The van der Waals surface area contributed by atoms with Crippen molar-refractivity contribution in [2.75, 3.05) is 26.8 Å². The highest BCUT2D eigenvalue weighted by Gasteiger charge is 2.37. The molecule has 92 valence electrons. The molecule has 2 fully saturated rings. The lowest BCUT2D eigenvalue weighted by Crippen LogP contribution is -2.45. The second-order valence-corrected chi connectivity index (χ2v) is 5.11. The molecule has 2 aliphatic rings. The number of methoxy groups -OCH3 is 1. The molecule has 4 nitrogen and oxygen atoms in total. The average Bonchev–Trinajstić information content (AvgIpc) is 2.71. The highest BCUT2D eigenvalue weighted by Crippen LogP contribution is 2.36. The van der Waals surface area contributed by atoms with E-state index in [0.29, 0.717) is 6.61 Å². The molecular formula is C12H22N2O2. The zero-order chi connectivity index (χ0) is 11.5. The summed E-state index contributed by atoms with van der Waals surface area (Å²) in [6.07, 6.45) is 5.22. The molecule has 3 unspecified atom stereocenters. The zero-order valence-electron chi connectivity index (χ0n) is 10.0. The summed E-state index contributed by atoms with van der Waals surface area (Å²) >= 11 is 0. The number of rotatable bonds is 3. The third kappa shape index (κ3) is 2.38. The predicted molar refractivity (Wildman–Crippen MR) is 61.9 cm³/mol. The molecule has 0 radical (unpaired) electrons. The van der Waals surface area contributed by atoms with Gasteiger partial charge in [0.1, 0.15) is 6.04 Å². The monoisotopic (exact) mass is 226 g/mol. The molecule has 0 bridgehead atoms. The van der Waals surface area contributed by atoms with Crippen molar-refractivity contribution in [3.63, 3.8) is 0 Å². The Balaban J connectivity index is 1.89. The molecule has 0 aromatic heterocycles. The normalized spacial score (nSPS) is 31.2. The van der Waals surface area contributed by atoms with Gasteiger partial charge in [0, 0.05) is 20.2 Å². The van der Waals surface area contributed by atoms with Gasteiger partial charge in [-0.15, -0.1) is 0 Å². The minimum Gasteiger partial charge on any atom is -0.383 e. The number of carbonyl (C=O) groups excluding carboxylic acids is 1. The first kappa shape index (κ1) is 11.9. The smallest absolute Gasteiger partial charge is 0.241 e. The van der Waals surface area contributed by atoms with Gasteiger partial charge in [0.15, 0.2) is 0 Å². The van der Waals surface area contributed by atoms with Gasteiger partial charge in [0.25, 0.3) is 0 Å². The van der Waals surface area contributed by atoms with Gasteiger partial charge in [-0.2, -0.15) is 0 Å². The molecule has 1 saturated carbocycles. The molecular weight excluding hydrogens is 204 g/mol. The number of hydrogen-bond acceptors (Lipinski definition) is 3. The zero-order valence-corrected chi connectivity index (χ0v) is 10.0. The Morgan fingerprint density at radius 2 is 1.94 bits per heavy atom. The van der Waals surface area contributed by atoms with Crippen molar-refractivity contribution in [2.24, 2.45) is 17.6 Å². The van der Waals surface area contributed by atoms with Gasteiger partial charge in [0.2, 0.25) is 5.91 Å². The van der Waals surface area contributed by atoms with Gasteiger partial charge < -0.3 is 15.4 Å². The summed E-state index contributed by atoms with van der Waals surface area (Å²) < 4.78 is 4.93. The van der Waals surface area contributed by atoms with Crippen LogP contribution in [0.2, 0.25) is 0 Å². The molecule has 0 aromatic rings. The van der Waals surface area contributed by atoms with E-state index in [1.54, 1.807) is 7.11 Å². The van der Waals surface area contributed by atoms with E-state index >= 15 is 0 Å². The van der Waals surface area contributed by atoms with E-state index in [2.05, 4.69) is 0 Å². The van der Waals surface area contributed by atoms with Crippen LogP contribution < -0.4 is 5.73 Å². The van der Waals surface area contributed by atoms with E-state index in [4.69, 9.17) is 10.5 Å². The van der Waals surface area contributed by atoms with Crippen molar-refractivity contribution in [2.45, 2.75) is 31.7 Å². The summed E-state index contributed by atoms with van der Waals surface area (Å²) in [6.45, 7) is 2.16. The molecule has 1 heterocycles. The molecule has 1 amide bonds. The quantitative estimate of drug-likeness (QED) is 0.767. The number of carbonyl (C=O) groups is 1. The molecule has 0 aromatic carbocycles. The van der Waals surface area contributed by atoms with E-state index in [-0.39, 0.29) is 5.91 Å². The molecule has 3 atom stereocenters. The van der Waals surface area contributed by atoms with Crippen molar-refractivity contribution in [3.8, 4) is 0 Å². The van der Waals surface area contributed by atoms with Gasteiger partial charge in [-0.3, -0.25) is 4.79 Å². The van der Waals surface area contributed by atoms with Crippen LogP contribution in [0.25, 0.3) is 0 Å². The molecule has 0 spiro atoms. The third-order valence-corrected chi connectivity index (χ3v) is 3.95. The number of nitrogens with two attached hydrogens (primary N) is 1. The maximum atomic E-state index is 12.0. The third-order valence-electron chi connectivity index (χ3n) is 3.95. The molecule has 4 heteroatoms. The number of nitrogens with zero attached hydrogens (tertiary/aromatic N) is 1. The Kier molecular flexibility index (Phi) is 3.82. The Morgan fingerprint density at radius 1 is 1.38 bits per heavy atom. The van der Waals surface area contributed by atoms with Crippen LogP contribution in [0, 0.1) is 11.8 Å². The van der Waals surface area contributed by atoms with Crippen LogP contribution in [0.1, 0.15) is 25.7 Å². The Labute approximate surface area is 97.1 Å². The summed E-state index contributed by atoms with van der Waals surface area (Å²) in [5, 5.41) is 0. The predicted octanol–water partition coefficient (Wildman–Crippen LogP) is 0.609. The summed E-state index contributed by atoms with van der Waals surface area (Å²) in [5.41, 5.74) is 5.78. The lowest BCUT2D eigenvalue weighted by molar-refractivity contribution is -0.132. The molecule has 1 aliphatic carbocycles. The van der Waals surface area contributed by atoms with Crippen LogP contribution in [-0.2, 0) is 9.53 Å². The van der Waals surface area contributed by atoms with E-state index in [1.807, 2.05) is 4.90 Å². The first-order chi connectivity index (χ1) is 7.72. The van der Waals surface area contributed by atoms with Crippen LogP contribution in [0.4, 0.5) is 0 Å². The second kappa shape index (κ2) is 5.15. The van der Waals surface area contributed by atoms with Crippen molar-refractivity contribution in [1.82, 2.24) is 4.90 Å². The fraction of sp³-hybridized carbons (Fsp3) is 0.917. The maximum absolute atomic E-state index is 12.0. The highest BCUT2D eigenvalue weighted by atomic mass is 16.5. The number of amides is 1. The van der Waals surface area contributed by atoms with E-state index in [1.165, 1.54) is 25.7 Å². The lowest BCUT2D eigenvalue weighted by Gasteiger charge is -2.22. The van der Waals surface area contributed by atoms with Gasteiger partial charge in [-0.05, 0) is 24.7 Å². The fourth-order valence-electron chi connectivity index (χ4n) is 3.07. The molecule has 1 saturated heterocycles. The van der Waals surface area contributed by atoms with E-state index < -0.39 is 6.04 Å². The number of likely N-dealkylation sites (tertiary alicyclic amines) is 1. The lowest BCUT2D eigenvalue weighted by atomic mass is 9.82. The van der Waals surface area contributed by atoms with Crippen molar-refractivity contribution in [3.05, 3.63) is 0 Å². The van der Waals surface area contributed by atoms with Crippen LogP contribution in [0.5, 0.6) is 0 Å². The second-order valence-electron chi connectivity index (χ2n) is 5.11. The van der Waals surface area contributed by atoms with Crippen LogP contribution >= 0.6 is 0 Å². The molecule has 2 N–H and O–H groups in total. The van der Waals surface area contributed by atoms with Crippen LogP contribution in [0.3, 0.4) is 0 Å². The van der Waals surface area contributed by atoms with Gasteiger partial charge in [-0.25, -0.2) is 0 Å². The van der Waals surface area contributed by atoms with E-state index in [9.17, 15) is 4.79 Å². The topological polar surface area (TPSA) is 55.6 Å². The number of ether oxygens (including phenoxy) is 1. The van der Waals surface area contributed by atoms with Crippen molar-refractivity contribution < 1.29 is 9.53 Å². The summed E-state index contributed by atoms with van der Waals surface area (Å²) in [4.78, 5) is 13.9. The first-order valence-corrected chi connectivity index (χ1v) is 6.25. The largest absolute Gasteiger partial charge is 0.383 e. The van der Waals surface area contributed by atoms with Crippen molar-refractivity contribution >= 4 is 5.91 Å². The minimum atomic E-state index is -0.481. The summed E-state index contributed by atoms with van der Waals surface area (Å²) in [5.74, 6) is 1.52. The van der Waals surface area contributed by atoms with E-state index in [0.717, 1.165) is 24.9 Å². The Morgan fingerprint density at radius 3 is 2.44 bits per heavy atom.